The van der Waals surface area contributed by atoms with Crippen molar-refractivity contribution in [3.8, 4) is 0 Å². The first kappa shape index (κ1) is 14.4. The fourth-order valence-electron chi connectivity index (χ4n) is 1.39. The first-order valence-corrected chi connectivity index (χ1v) is 6.06. The van der Waals surface area contributed by atoms with Crippen LogP contribution in [0.5, 0.6) is 0 Å². The van der Waals surface area contributed by atoms with E-state index < -0.39 is 10.8 Å². The van der Waals surface area contributed by atoms with Crippen molar-refractivity contribution in [2.75, 3.05) is 6.54 Å². The first-order chi connectivity index (χ1) is 8.47. The summed E-state index contributed by atoms with van der Waals surface area (Å²) >= 11 is 5.74. The molecule has 1 N–H and O–H groups in total. The number of halogens is 1. The maximum absolute atomic E-state index is 11.9. The average molecular weight is 271 g/mol. The van der Waals surface area contributed by atoms with E-state index in [1.54, 1.807) is 0 Å². The van der Waals surface area contributed by atoms with Crippen LogP contribution >= 0.6 is 11.6 Å². The summed E-state index contributed by atoms with van der Waals surface area (Å²) in [4.78, 5) is 22.1. The molecular weight excluding hydrogens is 256 g/mol. The highest BCUT2D eigenvalue weighted by molar-refractivity contribution is 6.33. The van der Waals surface area contributed by atoms with Gasteiger partial charge in [-0.15, -0.1) is 0 Å². The summed E-state index contributed by atoms with van der Waals surface area (Å²) in [7, 11) is 0. The van der Waals surface area contributed by atoms with Crippen molar-refractivity contribution in [1.29, 1.82) is 0 Å². The van der Waals surface area contributed by atoms with Crippen LogP contribution in [0.4, 0.5) is 5.69 Å². The second-order valence-electron chi connectivity index (χ2n) is 4.12. The molecule has 1 rings (SSSR count). The van der Waals surface area contributed by atoms with Crippen LogP contribution in [0.15, 0.2) is 18.2 Å². The molecule has 0 heterocycles. The lowest BCUT2D eigenvalue weighted by Gasteiger charge is -2.10. The number of carbonyl (C=O) groups excluding carboxylic acids is 1. The quantitative estimate of drug-likeness (QED) is 0.660. The highest BCUT2D eigenvalue weighted by atomic mass is 35.5. The minimum atomic E-state index is -0.638. The van der Waals surface area contributed by atoms with E-state index in [2.05, 4.69) is 5.32 Å². The Kier molecular flexibility index (Phi) is 5.09. The van der Waals surface area contributed by atoms with Crippen LogP contribution in [-0.2, 0) is 0 Å². The van der Waals surface area contributed by atoms with Crippen molar-refractivity contribution >= 4 is 23.2 Å². The average Bonchev–Trinajstić information content (AvgIpc) is 2.34. The SMILES string of the molecule is CCC(C)CNC(=O)c1cccc(Cl)c1[N+](=O)[O-]. The zero-order chi connectivity index (χ0) is 13.7. The predicted molar refractivity (Wildman–Crippen MR) is 69.9 cm³/mol. The largest absolute Gasteiger partial charge is 0.352 e. The van der Waals surface area contributed by atoms with Gasteiger partial charge in [0.2, 0.25) is 0 Å². The molecule has 0 aliphatic carbocycles. The van der Waals surface area contributed by atoms with Gasteiger partial charge in [0, 0.05) is 6.54 Å². The number of hydrogen-bond acceptors (Lipinski definition) is 3. The Morgan fingerprint density at radius 1 is 1.56 bits per heavy atom. The lowest BCUT2D eigenvalue weighted by molar-refractivity contribution is -0.385. The van der Waals surface area contributed by atoms with E-state index in [0.717, 1.165) is 6.42 Å². The van der Waals surface area contributed by atoms with Crippen LogP contribution in [0.1, 0.15) is 30.6 Å². The zero-order valence-electron chi connectivity index (χ0n) is 10.3. The van der Waals surface area contributed by atoms with Gasteiger partial charge in [0.15, 0.2) is 0 Å². The van der Waals surface area contributed by atoms with E-state index in [0.29, 0.717) is 12.5 Å². The number of nitro groups is 1. The van der Waals surface area contributed by atoms with Gasteiger partial charge in [0.05, 0.1) is 4.92 Å². The molecule has 1 unspecified atom stereocenters. The molecule has 1 aromatic carbocycles. The Labute approximate surface area is 110 Å². The number of amides is 1. The number of nitro benzene ring substituents is 1. The molecule has 0 aromatic heterocycles. The molecule has 0 fully saturated rings. The minimum Gasteiger partial charge on any atom is -0.352 e. The highest BCUT2D eigenvalue weighted by Crippen LogP contribution is 2.27. The fraction of sp³-hybridized carbons (Fsp3) is 0.417. The Hall–Kier alpha value is -1.62. The van der Waals surface area contributed by atoms with Gasteiger partial charge in [-0.1, -0.05) is 37.9 Å². The van der Waals surface area contributed by atoms with Crippen molar-refractivity contribution in [2.24, 2.45) is 5.92 Å². The van der Waals surface area contributed by atoms with E-state index in [-0.39, 0.29) is 16.3 Å². The number of carbonyl (C=O) groups is 1. The monoisotopic (exact) mass is 270 g/mol. The van der Waals surface area contributed by atoms with Gasteiger partial charge in [-0.25, -0.2) is 0 Å². The standard InChI is InChI=1S/C12H15ClN2O3/c1-3-8(2)7-14-12(16)9-5-4-6-10(13)11(9)15(17)18/h4-6,8H,3,7H2,1-2H3,(H,14,16). The van der Waals surface area contributed by atoms with E-state index in [9.17, 15) is 14.9 Å². The van der Waals surface area contributed by atoms with Crippen molar-refractivity contribution in [3.05, 3.63) is 38.9 Å². The van der Waals surface area contributed by atoms with Gasteiger partial charge in [-0.05, 0) is 18.1 Å². The predicted octanol–water partition coefficient (Wildman–Crippen LogP) is 3.02. The molecule has 0 radical (unpaired) electrons. The van der Waals surface area contributed by atoms with Gasteiger partial charge < -0.3 is 5.32 Å². The molecule has 6 heteroatoms. The lowest BCUT2D eigenvalue weighted by atomic mass is 10.1. The van der Waals surface area contributed by atoms with E-state index >= 15 is 0 Å². The van der Waals surface area contributed by atoms with Gasteiger partial charge in [-0.3, -0.25) is 14.9 Å². The van der Waals surface area contributed by atoms with Crippen LogP contribution in [0.25, 0.3) is 0 Å². The summed E-state index contributed by atoms with van der Waals surface area (Å²) < 4.78 is 0. The van der Waals surface area contributed by atoms with Crippen molar-refractivity contribution in [3.63, 3.8) is 0 Å². The Morgan fingerprint density at radius 3 is 2.78 bits per heavy atom. The maximum Gasteiger partial charge on any atom is 0.300 e. The smallest absolute Gasteiger partial charge is 0.300 e. The maximum atomic E-state index is 11.9. The van der Waals surface area contributed by atoms with Crippen LogP contribution in [0, 0.1) is 16.0 Å². The second kappa shape index (κ2) is 6.35. The molecule has 1 atom stereocenters. The Morgan fingerprint density at radius 2 is 2.22 bits per heavy atom. The lowest BCUT2D eigenvalue weighted by Crippen LogP contribution is -2.28. The summed E-state index contributed by atoms with van der Waals surface area (Å²) in [5.41, 5.74) is -0.350. The number of benzene rings is 1. The number of rotatable bonds is 5. The molecule has 98 valence electrons. The minimum absolute atomic E-state index is 0.00389. The zero-order valence-corrected chi connectivity index (χ0v) is 11.0. The van der Waals surface area contributed by atoms with Crippen LogP contribution in [0.3, 0.4) is 0 Å². The summed E-state index contributed by atoms with van der Waals surface area (Å²) in [5, 5.41) is 13.5. The third-order valence-corrected chi connectivity index (χ3v) is 3.03. The second-order valence-corrected chi connectivity index (χ2v) is 4.52. The molecule has 0 bridgehead atoms. The van der Waals surface area contributed by atoms with Crippen molar-refractivity contribution < 1.29 is 9.72 Å². The molecular formula is C12H15ClN2O3. The van der Waals surface area contributed by atoms with Crippen LogP contribution in [-0.4, -0.2) is 17.4 Å². The van der Waals surface area contributed by atoms with Gasteiger partial charge >= 0.3 is 5.69 Å². The fourth-order valence-corrected chi connectivity index (χ4v) is 1.63. The van der Waals surface area contributed by atoms with E-state index in [1.807, 2.05) is 13.8 Å². The van der Waals surface area contributed by atoms with Gasteiger partial charge in [0.1, 0.15) is 10.6 Å². The third-order valence-electron chi connectivity index (χ3n) is 2.72. The van der Waals surface area contributed by atoms with E-state index in [1.165, 1.54) is 18.2 Å². The van der Waals surface area contributed by atoms with Crippen molar-refractivity contribution in [1.82, 2.24) is 5.32 Å². The van der Waals surface area contributed by atoms with Gasteiger partial charge in [0.25, 0.3) is 5.91 Å². The Bertz CT molecular complexity index is 463. The highest BCUT2D eigenvalue weighted by Gasteiger charge is 2.23. The van der Waals surface area contributed by atoms with Gasteiger partial charge in [-0.2, -0.15) is 0 Å². The number of nitrogens with zero attached hydrogens (tertiary/aromatic N) is 1. The first-order valence-electron chi connectivity index (χ1n) is 5.68. The number of hydrogen-bond donors (Lipinski definition) is 1. The molecule has 0 spiro atoms. The molecule has 1 aromatic rings. The summed E-state index contributed by atoms with van der Waals surface area (Å²) in [6.07, 6.45) is 0.928. The number of nitrogens with one attached hydrogen (secondary N) is 1. The molecule has 0 aliphatic rings. The Balaban J connectivity index is 2.92. The molecule has 0 saturated carbocycles. The summed E-state index contributed by atoms with van der Waals surface area (Å²) in [6.45, 7) is 4.49. The topological polar surface area (TPSA) is 72.2 Å². The number of para-hydroxylation sites is 1. The third kappa shape index (κ3) is 3.43. The molecule has 5 nitrogen and oxygen atoms in total. The normalized spacial score (nSPS) is 11.9. The van der Waals surface area contributed by atoms with Crippen LogP contribution < -0.4 is 5.32 Å². The molecule has 1 amide bonds. The van der Waals surface area contributed by atoms with Crippen LogP contribution in [0.2, 0.25) is 5.02 Å². The molecule has 0 aliphatic heterocycles. The molecule has 18 heavy (non-hydrogen) atoms. The van der Waals surface area contributed by atoms with E-state index in [4.69, 9.17) is 11.6 Å². The summed E-state index contributed by atoms with van der Waals surface area (Å²) in [5.74, 6) is -0.142. The van der Waals surface area contributed by atoms with Crippen molar-refractivity contribution in [2.45, 2.75) is 20.3 Å². The summed E-state index contributed by atoms with van der Waals surface area (Å²) in [6, 6.07) is 4.31. The molecule has 0 saturated heterocycles.